The van der Waals surface area contributed by atoms with Crippen LogP contribution < -0.4 is 10.9 Å². The second kappa shape index (κ2) is 8.12. The van der Waals surface area contributed by atoms with Gasteiger partial charge in [0.05, 0.1) is 6.33 Å². The molecule has 0 radical (unpaired) electrons. The number of carbonyl (C=O) groups is 1. The van der Waals surface area contributed by atoms with Crippen molar-refractivity contribution in [1.29, 1.82) is 0 Å². The van der Waals surface area contributed by atoms with Crippen LogP contribution in [0.4, 0.5) is 0 Å². The second-order valence-corrected chi connectivity index (χ2v) is 5.18. The normalized spacial score (nSPS) is 10.4. The number of amides is 1. The molecule has 22 heavy (non-hydrogen) atoms. The molecule has 0 aliphatic rings. The maximum absolute atomic E-state index is 11.9. The van der Waals surface area contributed by atoms with Gasteiger partial charge in [0.25, 0.3) is 5.56 Å². The molecule has 116 valence electrons. The van der Waals surface area contributed by atoms with Crippen molar-refractivity contribution in [3.8, 4) is 0 Å². The predicted molar refractivity (Wildman–Crippen MR) is 85.6 cm³/mol. The largest absolute Gasteiger partial charge is 0.354 e. The summed E-state index contributed by atoms with van der Waals surface area (Å²) in [5, 5.41) is 2.82. The highest BCUT2D eigenvalue weighted by atomic mass is 16.2. The molecule has 2 rings (SSSR count). The molecule has 0 saturated heterocycles. The van der Waals surface area contributed by atoms with Crippen molar-refractivity contribution in [2.45, 2.75) is 32.7 Å². The number of aryl methyl sites for hydroxylation is 1. The summed E-state index contributed by atoms with van der Waals surface area (Å²) >= 11 is 0. The van der Waals surface area contributed by atoms with Crippen LogP contribution in [-0.4, -0.2) is 22.0 Å². The fourth-order valence-corrected chi connectivity index (χ4v) is 2.18. The molecule has 0 fully saturated rings. The summed E-state index contributed by atoms with van der Waals surface area (Å²) in [7, 11) is 0. The highest BCUT2D eigenvalue weighted by molar-refractivity contribution is 5.75. The van der Waals surface area contributed by atoms with Gasteiger partial charge in [-0.05, 0) is 18.4 Å². The fraction of sp³-hybridized carbons (Fsp3) is 0.353. The number of rotatable bonds is 7. The fourth-order valence-electron chi connectivity index (χ4n) is 2.18. The summed E-state index contributed by atoms with van der Waals surface area (Å²) in [6.07, 6.45) is 3.94. The lowest BCUT2D eigenvalue weighted by molar-refractivity contribution is -0.121. The van der Waals surface area contributed by atoms with Crippen LogP contribution in [0, 0.1) is 0 Å². The Morgan fingerprint density at radius 3 is 2.68 bits per heavy atom. The van der Waals surface area contributed by atoms with Gasteiger partial charge in [0.2, 0.25) is 5.91 Å². The number of hydrogen-bond acceptors (Lipinski definition) is 3. The van der Waals surface area contributed by atoms with Crippen molar-refractivity contribution in [2.24, 2.45) is 0 Å². The SMILES string of the molecule is CCCc1cc(=O)n(CC(=O)NCCc2ccccc2)cn1. The number of hydrogen-bond donors (Lipinski definition) is 1. The smallest absolute Gasteiger partial charge is 0.253 e. The van der Waals surface area contributed by atoms with Crippen molar-refractivity contribution in [3.63, 3.8) is 0 Å². The van der Waals surface area contributed by atoms with Crippen LogP contribution in [0.15, 0.2) is 47.5 Å². The first-order chi connectivity index (χ1) is 10.7. The molecule has 2 aromatic rings. The zero-order valence-electron chi connectivity index (χ0n) is 12.8. The number of carbonyl (C=O) groups excluding carboxylic acids is 1. The van der Waals surface area contributed by atoms with E-state index in [4.69, 9.17) is 0 Å². The van der Waals surface area contributed by atoms with Crippen LogP contribution in [0.1, 0.15) is 24.6 Å². The minimum absolute atomic E-state index is 0.00697. The quantitative estimate of drug-likeness (QED) is 0.844. The first-order valence-electron chi connectivity index (χ1n) is 7.55. The molecule has 1 amide bonds. The Balaban J connectivity index is 1.83. The van der Waals surface area contributed by atoms with E-state index in [1.54, 1.807) is 0 Å². The second-order valence-electron chi connectivity index (χ2n) is 5.18. The van der Waals surface area contributed by atoms with E-state index in [1.807, 2.05) is 37.3 Å². The van der Waals surface area contributed by atoms with Crippen molar-refractivity contribution in [2.75, 3.05) is 6.54 Å². The van der Waals surface area contributed by atoms with Gasteiger partial charge in [-0.15, -0.1) is 0 Å². The minimum Gasteiger partial charge on any atom is -0.354 e. The summed E-state index contributed by atoms with van der Waals surface area (Å²) in [6, 6.07) is 11.4. The van der Waals surface area contributed by atoms with Crippen molar-refractivity contribution >= 4 is 5.91 Å². The Kier molecular flexibility index (Phi) is 5.89. The zero-order valence-corrected chi connectivity index (χ0v) is 12.8. The van der Waals surface area contributed by atoms with Crippen LogP contribution in [0.3, 0.4) is 0 Å². The third-order valence-electron chi connectivity index (χ3n) is 3.33. The van der Waals surface area contributed by atoms with Crippen LogP contribution in [0.25, 0.3) is 0 Å². The molecule has 1 aromatic carbocycles. The molecule has 0 aliphatic carbocycles. The zero-order chi connectivity index (χ0) is 15.8. The number of nitrogens with one attached hydrogen (secondary N) is 1. The lowest BCUT2D eigenvalue weighted by Crippen LogP contribution is -2.33. The standard InChI is InChI=1S/C17H21N3O2/c1-2-6-15-11-17(22)20(13-19-15)12-16(21)18-10-9-14-7-4-3-5-8-14/h3-5,7-8,11,13H,2,6,9-10,12H2,1H3,(H,18,21). The summed E-state index contributed by atoms with van der Waals surface area (Å²) in [5.74, 6) is -0.178. The Morgan fingerprint density at radius 2 is 2.00 bits per heavy atom. The van der Waals surface area contributed by atoms with Gasteiger partial charge in [-0.3, -0.25) is 14.2 Å². The van der Waals surface area contributed by atoms with E-state index in [2.05, 4.69) is 10.3 Å². The summed E-state index contributed by atoms with van der Waals surface area (Å²) in [4.78, 5) is 27.9. The van der Waals surface area contributed by atoms with Crippen LogP contribution in [0.5, 0.6) is 0 Å². The van der Waals surface area contributed by atoms with E-state index < -0.39 is 0 Å². The van der Waals surface area contributed by atoms with Crippen molar-refractivity contribution in [1.82, 2.24) is 14.9 Å². The highest BCUT2D eigenvalue weighted by Gasteiger charge is 2.05. The molecule has 0 spiro atoms. The molecule has 5 heteroatoms. The molecule has 1 heterocycles. The van der Waals surface area contributed by atoms with E-state index in [9.17, 15) is 9.59 Å². The van der Waals surface area contributed by atoms with E-state index in [-0.39, 0.29) is 18.0 Å². The van der Waals surface area contributed by atoms with Crippen molar-refractivity contribution in [3.05, 3.63) is 64.3 Å². The van der Waals surface area contributed by atoms with Crippen LogP contribution >= 0.6 is 0 Å². The van der Waals surface area contributed by atoms with Gasteiger partial charge >= 0.3 is 0 Å². The van der Waals surface area contributed by atoms with Gasteiger partial charge < -0.3 is 5.32 Å². The van der Waals surface area contributed by atoms with Gasteiger partial charge in [-0.25, -0.2) is 4.98 Å². The summed E-state index contributed by atoms with van der Waals surface area (Å²) < 4.78 is 1.33. The molecule has 1 aromatic heterocycles. The minimum atomic E-state index is -0.184. The van der Waals surface area contributed by atoms with Gasteiger partial charge in [0.15, 0.2) is 0 Å². The molecule has 0 saturated carbocycles. The van der Waals surface area contributed by atoms with Gasteiger partial charge in [0, 0.05) is 18.3 Å². The summed E-state index contributed by atoms with van der Waals surface area (Å²) in [5.41, 5.74) is 1.76. The molecular weight excluding hydrogens is 278 g/mol. The van der Waals surface area contributed by atoms with E-state index in [0.717, 1.165) is 25.0 Å². The molecule has 1 N–H and O–H groups in total. The van der Waals surface area contributed by atoms with Crippen LogP contribution in [-0.2, 0) is 24.2 Å². The average molecular weight is 299 g/mol. The monoisotopic (exact) mass is 299 g/mol. The molecule has 5 nitrogen and oxygen atoms in total. The third kappa shape index (κ3) is 4.84. The lowest BCUT2D eigenvalue weighted by atomic mass is 10.1. The topological polar surface area (TPSA) is 64.0 Å². The molecule has 0 unspecified atom stereocenters. The Hall–Kier alpha value is -2.43. The Bertz CT molecular complexity index is 665. The van der Waals surface area contributed by atoms with Gasteiger partial charge in [-0.1, -0.05) is 43.7 Å². The van der Waals surface area contributed by atoms with Crippen molar-refractivity contribution < 1.29 is 4.79 Å². The van der Waals surface area contributed by atoms with Gasteiger partial charge in [-0.2, -0.15) is 0 Å². The molecular formula is C17H21N3O2. The number of aromatic nitrogens is 2. The Labute approximate surface area is 130 Å². The number of nitrogens with zero attached hydrogens (tertiary/aromatic N) is 2. The molecule has 0 bridgehead atoms. The molecule has 0 atom stereocenters. The summed E-state index contributed by atoms with van der Waals surface area (Å²) in [6.45, 7) is 2.60. The third-order valence-corrected chi connectivity index (χ3v) is 3.33. The predicted octanol–water partition coefficient (Wildman–Crippen LogP) is 1.55. The lowest BCUT2D eigenvalue weighted by Gasteiger charge is -2.08. The van der Waals surface area contributed by atoms with E-state index >= 15 is 0 Å². The average Bonchev–Trinajstić information content (AvgIpc) is 2.51. The first-order valence-corrected chi connectivity index (χ1v) is 7.55. The van der Waals surface area contributed by atoms with E-state index in [1.165, 1.54) is 22.5 Å². The number of benzene rings is 1. The molecule has 0 aliphatic heterocycles. The first kappa shape index (κ1) is 15.9. The highest BCUT2D eigenvalue weighted by Crippen LogP contribution is 1.98. The van der Waals surface area contributed by atoms with Gasteiger partial charge in [0.1, 0.15) is 6.54 Å². The maximum Gasteiger partial charge on any atom is 0.253 e. The maximum atomic E-state index is 11.9. The van der Waals surface area contributed by atoms with Crippen LogP contribution in [0.2, 0.25) is 0 Å². The Morgan fingerprint density at radius 1 is 1.23 bits per heavy atom. The van der Waals surface area contributed by atoms with E-state index in [0.29, 0.717) is 6.54 Å².